The van der Waals surface area contributed by atoms with E-state index in [9.17, 15) is 9.59 Å². The summed E-state index contributed by atoms with van der Waals surface area (Å²) >= 11 is 1.26. The Morgan fingerprint density at radius 1 is 1.09 bits per heavy atom. The number of anilines is 2. The number of carbonyl (C=O) groups is 2. The molecule has 3 aromatic rings. The van der Waals surface area contributed by atoms with Crippen molar-refractivity contribution in [1.29, 1.82) is 0 Å². The van der Waals surface area contributed by atoms with Crippen molar-refractivity contribution in [3.63, 3.8) is 0 Å². The van der Waals surface area contributed by atoms with Crippen LogP contribution in [0.4, 0.5) is 10.8 Å². The van der Waals surface area contributed by atoms with Crippen molar-refractivity contribution in [2.75, 3.05) is 10.6 Å². The standard InChI is InChI=1S/C16H13N3O3S/c20-14(17-11-5-2-1-3-6-11)9-12-10-23-16(18-12)19-15(21)13-7-4-8-22-13/h1-8,10H,9H2,(H,17,20)(H,18,19,21). The molecule has 2 N–H and O–H groups in total. The second-order valence-electron chi connectivity index (χ2n) is 4.67. The first-order chi connectivity index (χ1) is 11.2. The monoisotopic (exact) mass is 327 g/mol. The SMILES string of the molecule is O=C(Cc1csc(NC(=O)c2ccco2)n1)Nc1ccccc1. The van der Waals surface area contributed by atoms with Crippen LogP contribution in [0.15, 0.2) is 58.5 Å². The van der Waals surface area contributed by atoms with Gasteiger partial charge in [0.15, 0.2) is 10.9 Å². The third-order valence-electron chi connectivity index (χ3n) is 2.92. The number of benzene rings is 1. The third kappa shape index (κ3) is 4.04. The number of hydrogen-bond donors (Lipinski definition) is 2. The van der Waals surface area contributed by atoms with E-state index in [0.717, 1.165) is 5.69 Å². The third-order valence-corrected chi connectivity index (χ3v) is 3.72. The van der Waals surface area contributed by atoms with Gasteiger partial charge in [0.05, 0.1) is 18.4 Å². The molecule has 6 nitrogen and oxygen atoms in total. The molecule has 0 atom stereocenters. The van der Waals surface area contributed by atoms with Gasteiger partial charge in [-0.25, -0.2) is 4.98 Å². The number of carbonyl (C=O) groups excluding carboxylic acids is 2. The number of furan rings is 1. The van der Waals surface area contributed by atoms with Gasteiger partial charge in [-0.1, -0.05) is 18.2 Å². The fraction of sp³-hybridized carbons (Fsp3) is 0.0625. The van der Waals surface area contributed by atoms with Crippen LogP contribution in [0, 0.1) is 0 Å². The Kier molecular flexibility index (Phi) is 4.49. The van der Waals surface area contributed by atoms with Crippen molar-refractivity contribution in [1.82, 2.24) is 4.98 Å². The van der Waals surface area contributed by atoms with Crippen LogP contribution in [-0.4, -0.2) is 16.8 Å². The molecule has 2 aromatic heterocycles. The number of rotatable bonds is 5. The Balaban J connectivity index is 1.57. The molecule has 116 valence electrons. The fourth-order valence-electron chi connectivity index (χ4n) is 1.90. The minimum atomic E-state index is -0.371. The normalized spacial score (nSPS) is 10.3. The molecule has 3 rings (SSSR count). The van der Waals surface area contributed by atoms with Crippen LogP contribution in [0.5, 0.6) is 0 Å². The molecule has 0 aliphatic carbocycles. The molecule has 0 saturated carbocycles. The molecule has 0 unspecified atom stereocenters. The van der Waals surface area contributed by atoms with Gasteiger partial charge >= 0.3 is 0 Å². The molecule has 0 spiro atoms. The first kappa shape index (κ1) is 15.0. The zero-order valence-electron chi connectivity index (χ0n) is 12.0. The highest BCUT2D eigenvalue weighted by atomic mass is 32.1. The zero-order chi connectivity index (χ0) is 16.1. The van der Waals surface area contributed by atoms with E-state index in [1.165, 1.54) is 17.6 Å². The molecule has 2 amide bonds. The van der Waals surface area contributed by atoms with Crippen LogP contribution in [0.1, 0.15) is 16.2 Å². The van der Waals surface area contributed by atoms with Crippen molar-refractivity contribution >= 4 is 34.0 Å². The van der Waals surface area contributed by atoms with E-state index in [-0.39, 0.29) is 24.0 Å². The van der Waals surface area contributed by atoms with Crippen molar-refractivity contribution in [3.05, 3.63) is 65.6 Å². The largest absolute Gasteiger partial charge is 0.459 e. The average molecular weight is 327 g/mol. The molecule has 0 bridgehead atoms. The second kappa shape index (κ2) is 6.89. The molecule has 0 radical (unpaired) electrons. The summed E-state index contributed by atoms with van der Waals surface area (Å²) in [5.41, 5.74) is 1.33. The predicted molar refractivity (Wildman–Crippen MR) is 87.6 cm³/mol. The molecule has 23 heavy (non-hydrogen) atoms. The van der Waals surface area contributed by atoms with Gasteiger partial charge in [0, 0.05) is 11.1 Å². The Morgan fingerprint density at radius 2 is 1.91 bits per heavy atom. The van der Waals surface area contributed by atoms with Crippen molar-refractivity contribution in [2.45, 2.75) is 6.42 Å². The molecule has 1 aromatic carbocycles. The summed E-state index contributed by atoms with van der Waals surface area (Å²) in [6.45, 7) is 0. The van der Waals surface area contributed by atoms with Crippen molar-refractivity contribution in [3.8, 4) is 0 Å². The number of para-hydroxylation sites is 1. The van der Waals surface area contributed by atoms with E-state index in [4.69, 9.17) is 4.42 Å². The molecule has 7 heteroatoms. The van der Waals surface area contributed by atoms with E-state index in [2.05, 4.69) is 15.6 Å². The summed E-state index contributed by atoms with van der Waals surface area (Å²) in [5.74, 6) is -0.321. The maximum absolute atomic E-state index is 12.0. The number of amides is 2. The summed E-state index contributed by atoms with van der Waals surface area (Å²) < 4.78 is 5.01. The molecule has 0 aliphatic rings. The van der Waals surface area contributed by atoms with Crippen LogP contribution in [0.2, 0.25) is 0 Å². The van der Waals surface area contributed by atoms with Crippen molar-refractivity contribution < 1.29 is 14.0 Å². The highest BCUT2D eigenvalue weighted by Gasteiger charge is 2.12. The smallest absolute Gasteiger partial charge is 0.293 e. The number of thiazole rings is 1. The Morgan fingerprint density at radius 3 is 2.65 bits per heavy atom. The van der Waals surface area contributed by atoms with Crippen LogP contribution in [0.3, 0.4) is 0 Å². The van der Waals surface area contributed by atoms with Gasteiger partial charge < -0.3 is 9.73 Å². The number of hydrogen-bond acceptors (Lipinski definition) is 5. The van der Waals surface area contributed by atoms with Crippen LogP contribution in [0.25, 0.3) is 0 Å². The summed E-state index contributed by atoms with van der Waals surface area (Å²) in [5, 5.41) is 7.58. The summed E-state index contributed by atoms with van der Waals surface area (Å²) in [7, 11) is 0. The van der Waals surface area contributed by atoms with Crippen LogP contribution in [-0.2, 0) is 11.2 Å². The number of nitrogens with zero attached hydrogens (tertiary/aromatic N) is 1. The van der Waals surface area contributed by atoms with Crippen LogP contribution >= 0.6 is 11.3 Å². The Hall–Kier alpha value is -2.93. The Labute approximate surface area is 136 Å². The summed E-state index contributed by atoms with van der Waals surface area (Å²) in [4.78, 5) is 28.0. The molecule has 0 fully saturated rings. The molecular weight excluding hydrogens is 314 g/mol. The van der Waals surface area contributed by atoms with Gasteiger partial charge in [0.2, 0.25) is 5.91 Å². The fourth-order valence-corrected chi connectivity index (χ4v) is 2.61. The molecular formula is C16H13N3O3S. The zero-order valence-corrected chi connectivity index (χ0v) is 12.8. The minimum Gasteiger partial charge on any atom is -0.459 e. The summed E-state index contributed by atoms with van der Waals surface area (Å²) in [6, 6.07) is 12.4. The van der Waals surface area contributed by atoms with E-state index >= 15 is 0 Å². The highest BCUT2D eigenvalue weighted by Crippen LogP contribution is 2.17. The van der Waals surface area contributed by atoms with Gasteiger partial charge in [-0.05, 0) is 24.3 Å². The van der Waals surface area contributed by atoms with E-state index in [1.807, 2.05) is 30.3 Å². The van der Waals surface area contributed by atoms with Gasteiger partial charge in [-0.2, -0.15) is 0 Å². The lowest BCUT2D eigenvalue weighted by Crippen LogP contribution is -2.15. The maximum atomic E-state index is 12.0. The van der Waals surface area contributed by atoms with Crippen LogP contribution < -0.4 is 10.6 Å². The minimum absolute atomic E-state index is 0.141. The molecule has 2 heterocycles. The lowest BCUT2D eigenvalue weighted by atomic mass is 10.3. The van der Waals surface area contributed by atoms with E-state index in [0.29, 0.717) is 10.8 Å². The lowest BCUT2D eigenvalue weighted by molar-refractivity contribution is -0.115. The molecule has 0 saturated heterocycles. The average Bonchev–Trinajstić information content (AvgIpc) is 3.20. The quantitative estimate of drug-likeness (QED) is 0.754. The summed E-state index contributed by atoms with van der Waals surface area (Å²) in [6.07, 6.45) is 1.57. The number of nitrogens with one attached hydrogen (secondary N) is 2. The topological polar surface area (TPSA) is 84.2 Å². The van der Waals surface area contributed by atoms with Gasteiger partial charge in [-0.15, -0.1) is 11.3 Å². The maximum Gasteiger partial charge on any atom is 0.293 e. The lowest BCUT2D eigenvalue weighted by Gasteiger charge is -2.03. The van der Waals surface area contributed by atoms with Gasteiger partial charge in [-0.3, -0.25) is 14.9 Å². The Bertz CT molecular complexity index is 797. The first-order valence-corrected chi connectivity index (χ1v) is 7.73. The van der Waals surface area contributed by atoms with Gasteiger partial charge in [0.25, 0.3) is 5.91 Å². The predicted octanol–water partition coefficient (Wildman–Crippen LogP) is 3.17. The number of aromatic nitrogens is 1. The van der Waals surface area contributed by atoms with E-state index in [1.54, 1.807) is 17.5 Å². The van der Waals surface area contributed by atoms with Gasteiger partial charge in [0.1, 0.15) is 0 Å². The molecule has 0 aliphatic heterocycles. The highest BCUT2D eigenvalue weighted by molar-refractivity contribution is 7.14. The van der Waals surface area contributed by atoms with Crippen molar-refractivity contribution in [2.24, 2.45) is 0 Å². The van der Waals surface area contributed by atoms with E-state index < -0.39 is 0 Å². The first-order valence-electron chi connectivity index (χ1n) is 6.85. The second-order valence-corrected chi connectivity index (χ2v) is 5.52.